The van der Waals surface area contributed by atoms with Crippen molar-refractivity contribution in [1.29, 1.82) is 0 Å². The maximum absolute atomic E-state index is 13.2. The minimum atomic E-state index is -3.99. The van der Waals surface area contributed by atoms with Crippen molar-refractivity contribution in [3.8, 4) is 11.5 Å². The van der Waals surface area contributed by atoms with Crippen LogP contribution in [0, 0.1) is 3.57 Å². The van der Waals surface area contributed by atoms with Gasteiger partial charge in [-0.15, -0.1) is 0 Å². The molecular weight excluding hydrogens is 695 g/mol. The number of carbonyl (C=O) groups excluding carboxylic acids is 2. The molecule has 0 spiro atoms. The highest BCUT2D eigenvalue weighted by Crippen LogP contribution is 2.28. The van der Waals surface area contributed by atoms with Gasteiger partial charge >= 0.3 is 0 Å². The summed E-state index contributed by atoms with van der Waals surface area (Å²) in [6, 6.07) is 28.3. The maximum Gasteiger partial charge on any atom is 0.262 e. The standard InChI is InChI=1S/C32H31IN4O6S/c1-2-42-30-20-24(13-18-29(30)43-22-31(38)35-26-11-7-4-8-12-26)21-34-36-32(39)28(19-23-9-5-3-6-10-23)37-44(40,41)27-16-14-25(33)15-17-27/h3-18,20-21,28,37H,2,19,22H2,1H3,(H,35,38)(H,36,39)/b34-21-/t28-/m1/s1. The summed E-state index contributed by atoms with van der Waals surface area (Å²) in [6.07, 6.45) is 1.52. The zero-order valence-electron chi connectivity index (χ0n) is 23.8. The van der Waals surface area contributed by atoms with Crippen molar-refractivity contribution < 1.29 is 27.5 Å². The van der Waals surface area contributed by atoms with Crippen LogP contribution in [0.25, 0.3) is 0 Å². The normalized spacial score (nSPS) is 12.0. The molecule has 10 nitrogen and oxygen atoms in total. The van der Waals surface area contributed by atoms with Crippen molar-refractivity contribution in [1.82, 2.24) is 10.1 Å². The van der Waals surface area contributed by atoms with Gasteiger partial charge in [-0.2, -0.15) is 9.82 Å². The molecule has 0 aliphatic heterocycles. The molecule has 4 rings (SSSR count). The Morgan fingerprint density at radius 2 is 1.57 bits per heavy atom. The highest BCUT2D eigenvalue weighted by atomic mass is 127. The van der Waals surface area contributed by atoms with Crippen LogP contribution >= 0.6 is 22.6 Å². The number of benzene rings is 4. The number of nitrogens with zero attached hydrogens (tertiary/aromatic N) is 1. The van der Waals surface area contributed by atoms with E-state index in [1.807, 2.05) is 55.5 Å². The van der Waals surface area contributed by atoms with E-state index in [2.05, 4.69) is 43.2 Å². The van der Waals surface area contributed by atoms with Gasteiger partial charge in [0.15, 0.2) is 18.1 Å². The number of rotatable bonds is 14. The van der Waals surface area contributed by atoms with Crippen LogP contribution in [-0.4, -0.2) is 45.7 Å². The van der Waals surface area contributed by atoms with E-state index in [0.29, 0.717) is 29.4 Å². The quantitative estimate of drug-likeness (QED) is 0.0977. The third-order valence-electron chi connectivity index (χ3n) is 6.09. The lowest BCUT2D eigenvalue weighted by Gasteiger charge is -2.17. The lowest BCUT2D eigenvalue weighted by atomic mass is 10.1. The van der Waals surface area contributed by atoms with Gasteiger partial charge in [0.25, 0.3) is 11.8 Å². The van der Waals surface area contributed by atoms with Gasteiger partial charge in [-0.3, -0.25) is 9.59 Å². The number of amides is 2. The Labute approximate surface area is 270 Å². The summed E-state index contributed by atoms with van der Waals surface area (Å²) in [6.45, 7) is 1.95. The number of sulfonamides is 1. The molecule has 0 fully saturated rings. The number of hydrazone groups is 1. The fourth-order valence-corrected chi connectivity index (χ4v) is 5.56. The fourth-order valence-electron chi connectivity index (χ4n) is 4.01. The lowest BCUT2D eigenvalue weighted by molar-refractivity contribution is -0.122. The van der Waals surface area contributed by atoms with Gasteiger partial charge in [-0.25, -0.2) is 13.8 Å². The number of hydrogen-bond donors (Lipinski definition) is 3. The molecule has 0 aromatic heterocycles. The Bertz CT molecular complexity index is 1690. The van der Waals surface area contributed by atoms with Gasteiger partial charge in [-0.05, 0) is 102 Å². The molecule has 0 saturated heterocycles. The van der Waals surface area contributed by atoms with E-state index in [1.165, 1.54) is 18.3 Å². The second-order valence-corrected chi connectivity index (χ2v) is 12.4. The third-order valence-corrected chi connectivity index (χ3v) is 8.30. The molecule has 2 amide bonds. The Morgan fingerprint density at radius 1 is 0.886 bits per heavy atom. The molecule has 3 N–H and O–H groups in total. The molecule has 1 atom stereocenters. The smallest absolute Gasteiger partial charge is 0.262 e. The number of halogens is 1. The van der Waals surface area contributed by atoms with Gasteiger partial charge in [0.05, 0.1) is 17.7 Å². The van der Waals surface area contributed by atoms with Crippen LogP contribution in [0.4, 0.5) is 5.69 Å². The fraction of sp³-hybridized carbons (Fsp3) is 0.156. The first kappa shape index (κ1) is 32.6. The van der Waals surface area contributed by atoms with Crippen molar-refractivity contribution in [2.45, 2.75) is 24.3 Å². The number of para-hydroxylation sites is 1. The first-order valence-corrected chi connectivity index (χ1v) is 16.2. The van der Waals surface area contributed by atoms with Gasteiger partial charge in [0.1, 0.15) is 6.04 Å². The van der Waals surface area contributed by atoms with Crippen molar-refractivity contribution in [3.05, 3.63) is 118 Å². The van der Waals surface area contributed by atoms with Crippen LogP contribution in [0.15, 0.2) is 113 Å². The second-order valence-electron chi connectivity index (χ2n) is 9.39. The number of ether oxygens (including phenoxy) is 2. The minimum absolute atomic E-state index is 0.0515. The maximum atomic E-state index is 13.2. The largest absolute Gasteiger partial charge is 0.490 e. The SMILES string of the molecule is CCOc1cc(/C=N\NC(=O)[C@@H](Cc2ccccc2)NS(=O)(=O)c2ccc(I)cc2)ccc1OCC(=O)Nc1ccccc1. The van der Waals surface area contributed by atoms with E-state index in [9.17, 15) is 18.0 Å². The summed E-state index contributed by atoms with van der Waals surface area (Å²) in [5.74, 6) is -0.199. The first-order valence-electron chi connectivity index (χ1n) is 13.6. The van der Waals surface area contributed by atoms with E-state index in [1.54, 1.807) is 42.5 Å². The molecule has 44 heavy (non-hydrogen) atoms. The zero-order valence-corrected chi connectivity index (χ0v) is 26.7. The summed E-state index contributed by atoms with van der Waals surface area (Å²) < 4.78 is 40.9. The van der Waals surface area contributed by atoms with E-state index in [-0.39, 0.29) is 23.8 Å². The molecule has 0 radical (unpaired) electrons. The van der Waals surface area contributed by atoms with Crippen molar-refractivity contribution in [2.24, 2.45) is 5.10 Å². The molecule has 0 aliphatic carbocycles. The van der Waals surface area contributed by atoms with E-state index in [4.69, 9.17) is 9.47 Å². The minimum Gasteiger partial charge on any atom is -0.490 e. The molecule has 228 valence electrons. The van der Waals surface area contributed by atoms with Crippen LogP contribution in [-0.2, 0) is 26.0 Å². The summed E-state index contributed by atoms with van der Waals surface area (Å²) in [5.41, 5.74) is 4.45. The molecule has 4 aromatic carbocycles. The van der Waals surface area contributed by atoms with Crippen LogP contribution < -0.4 is 24.9 Å². The van der Waals surface area contributed by atoms with Crippen LogP contribution in [0.5, 0.6) is 11.5 Å². The van der Waals surface area contributed by atoms with E-state index < -0.39 is 22.0 Å². The molecule has 0 aliphatic rings. The monoisotopic (exact) mass is 726 g/mol. The van der Waals surface area contributed by atoms with Gasteiger partial charge in [-0.1, -0.05) is 48.5 Å². The van der Waals surface area contributed by atoms with Crippen LogP contribution in [0.2, 0.25) is 0 Å². The molecule has 0 unspecified atom stereocenters. The van der Waals surface area contributed by atoms with E-state index in [0.717, 1.165) is 9.13 Å². The molecule has 0 heterocycles. The van der Waals surface area contributed by atoms with Crippen molar-refractivity contribution in [2.75, 3.05) is 18.5 Å². The summed E-state index contributed by atoms with van der Waals surface area (Å²) in [4.78, 5) is 25.5. The van der Waals surface area contributed by atoms with Gasteiger partial charge < -0.3 is 14.8 Å². The Kier molecular flexibility index (Phi) is 11.9. The lowest BCUT2D eigenvalue weighted by Crippen LogP contribution is -2.46. The predicted molar refractivity (Wildman–Crippen MR) is 177 cm³/mol. The second kappa shape index (κ2) is 16.0. The predicted octanol–water partition coefficient (Wildman–Crippen LogP) is 4.75. The summed E-state index contributed by atoms with van der Waals surface area (Å²) >= 11 is 2.09. The average molecular weight is 727 g/mol. The first-order chi connectivity index (χ1) is 21.2. The van der Waals surface area contributed by atoms with Gasteiger partial charge in [0, 0.05) is 9.26 Å². The average Bonchev–Trinajstić information content (AvgIpc) is 3.01. The molecule has 4 aromatic rings. The molecule has 0 saturated carbocycles. The Morgan fingerprint density at radius 3 is 2.25 bits per heavy atom. The molecule has 12 heteroatoms. The zero-order chi connectivity index (χ0) is 31.4. The number of nitrogens with one attached hydrogen (secondary N) is 3. The van der Waals surface area contributed by atoms with E-state index >= 15 is 0 Å². The van der Waals surface area contributed by atoms with Crippen LogP contribution in [0.1, 0.15) is 18.1 Å². The van der Waals surface area contributed by atoms with Crippen molar-refractivity contribution in [3.63, 3.8) is 0 Å². The van der Waals surface area contributed by atoms with Gasteiger partial charge in [0.2, 0.25) is 10.0 Å². The summed E-state index contributed by atoms with van der Waals surface area (Å²) in [7, 11) is -3.99. The Balaban J connectivity index is 1.42. The highest BCUT2D eigenvalue weighted by Gasteiger charge is 2.26. The van der Waals surface area contributed by atoms with Crippen molar-refractivity contribution >= 4 is 56.3 Å². The summed E-state index contributed by atoms with van der Waals surface area (Å²) in [5, 5.41) is 6.80. The number of hydrogen-bond acceptors (Lipinski definition) is 7. The Hall–Kier alpha value is -4.27. The third kappa shape index (κ3) is 9.89. The number of anilines is 1. The van der Waals surface area contributed by atoms with Crippen LogP contribution in [0.3, 0.4) is 0 Å². The highest BCUT2D eigenvalue weighted by molar-refractivity contribution is 14.1. The number of carbonyl (C=O) groups is 2. The topological polar surface area (TPSA) is 135 Å². The molecule has 0 bridgehead atoms. The molecular formula is C32H31IN4O6S.